The number of ether oxygens (including phenoxy) is 2. The van der Waals surface area contributed by atoms with Crippen LogP contribution in [0.4, 0.5) is 0 Å². The summed E-state index contributed by atoms with van der Waals surface area (Å²) in [6, 6.07) is 0. The van der Waals surface area contributed by atoms with Crippen molar-refractivity contribution in [3.05, 3.63) is 7.05 Å². The Labute approximate surface area is 74.6 Å². The molecule has 1 heterocycles. The summed E-state index contributed by atoms with van der Waals surface area (Å²) in [5.74, 6) is 0. The SMILES string of the molecule is [CH2]N1CCC(OCCCOC)C1. The molecule has 0 saturated carbocycles. The van der Waals surface area contributed by atoms with Crippen LogP contribution >= 0.6 is 0 Å². The molecule has 1 unspecified atom stereocenters. The predicted octanol–water partition coefficient (Wildman–Crippen LogP) is 0.905. The van der Waals surface area contributed by atoms with Crippen LogP contribution in [-0.2, 0) is 9.47 Å². The van der Waals surface area contributed by atoms with Crippen LogP contribution < -0.4 is 0 Å². The minimum Gasteiger partial charge on any atom is -0.385 e. The van der Waals surface area contributed by atoms with Gasteiger partial charge >= 0.3 is 0 Å². The molecule has 1 saturated heterocycles. The van der Waals surface area contributed by atoms with Crippen LogP contribution in [0.3, 0.4) is 0 Å². The maximum atomic E-state index is 5.61. The number of rotatable bonds is 5. The molecule has 71 valence electrons. The predicted molar refractivity (Wildman–Crippen MR) is 47.8 cm³/mol. The van der Waals surface area contributed by atoms with Crippen LogP contribution in [0.1, 0.15) is 12.8 Å². The van der Waals surface area contributed by atoms with E-state index in [0.717, 1.165) is 39.1 Å². The summed E-state index contributed by atoms with van der Waals surface area (Å²) in [6.45, 7) is 3.65. The van der Waals surface area contributed by atoms with Crippen LogP contribution in [0.5, 0.6) is 0 Å². The van der Waals surface area contributed by atoms with Crippen molar-refractivity contribution in [2.45, 2.75) is 18.9 Å². The van der Waals surface area contributed by atoms with Crippen LogP contribution in [0, 0.1) is 7.05 Å². The lowest BCUT2D eigenvalue weighted by Crippen LogP contribution is -2.18. The summed E-state index contributed by atoms with van der Waals surface area (Å²) in [7, 11) is 5.58. The molecule has 0 N–H and O–H groups in total. The van der Waals surface area contributed by atoms with E-state index >= 15 is 0 Å². The summed E-state index contributed by atoms with van der Waals surface area (Å²) in [6.07, 6.45) is 2.51. The van der Waals surface area contributed by atoms with E-state index in [-0.39, 0.29) is 0 Å². The van der Waals surface area contributed by atoms with Gasteiger partial charge in [-0.25, -0.2) is 0 Å². The molecule has 0 aromatic carbocycles. The van der Waals surface area contributed by atoms with E-state index in [0.29, 0.717) is 6.10 Å². The Balaban J connectivity index is 1.93. The largest absolute Gasteiger partial charge is 0.385 e. The second-order valence-electron chi connectivity index (χ2n) is 3.20. The van der Waals surface area contributed by atoms with Gasteiger partial charge in [0.25, 0.3) is 0 Å². The first-order valence-corrected chi connectivity index (χ1v) is 4.49. The molecule has 3 heteroatoms. The van der Waals surface area contributed by atoms with Crippen molar-refractivity contribution in [2.75, 3.05) is 33.4 Å². The number of hydrogen-bond donors (Lipinski definition) is 0. The molecule has 1 rings (SSSR count). The fourth-order valence-corrected chi connectivity index (χ4v) is 1.39. The van der Waals surface area contributed by atoms with Crippen LogP contribution in [0.2, 0.25) is 0 Å². The third-order valence-electron chi connectivity index (χ3n) is 2.08. The van der Waals surface area contributed by atoms with Gasteiger partial charge in [0.05, 0.1) is 6.10 Å². The Morgan fingerprint density at radius 1 is 1.50 bits per heavy atom. The van der Waals surface area contributed by atoms with Crippen molar-refractivity contribution in [2.24, 2.45) is 0 Å². The summed E-state index contributed by atoms with van der Waals surface area (Å²) in [4.78, 5) is 2.06. The third kappa shape index (κ3) is 3.52. The first kappa shape index (κ1) is 9.96. The van der Waals surface area contributed by atoms with Gasteiger partial charge in [0.2, 0.25) is 0 Å². The van der Waals surface area contributed by atoms with Crippen LogP contribution in [-0.4, -0.2) is 44.4 Å². The van der Waals surface area contributed by atoms with Gasteiger partial charge in [0.1, 0.15) is 0 Å². The van der Waals surface area contributed by atoms with Crippen molar-refractivity contribution < 1.29 is 9.47 Å². The highest BCUT2D eigenvalue weighted by Gasteiger charge is 2.19. The Morgan fingerprint density at radius 2 is 2.33 bits per heavy atom. The van der Waals surface area contributed by atoms with Crippen LogP contribution in [0.25, 0.3) is 0 Å². The lowest BCUT2D eigenvalue weighted by atomic mass is 10.3. The zero-order chi connectivity index (χ0) is 8.81. The van der Waals surface area contributed by atoms with E-state index in [1.165, 1.54) is 0 Å². The summed E-state index contributed by atoms with van der Waals surface area (Å²) in [5, 5.41) is 0. The topological polar surface area (TPSA) is 21.7 Å². The van der Waals surface area contributed by atoms with Gasteiger partial charge in [-0.05, 0) is 12.8 Å². The fourth-order valence-electron chi connectivity index (χ4n) is 1.39. The zero-order valence-corrected chi connectivity index (χ0v) is 7.79. The smallest absolute Gasteiger partial charge is 0.0714 e. The monoisotopic (exact) mass is 172 g/mol. The highest BCUT2D eigenvalue weighted by atomic mass is 16.5. The average Bonchev–Trinajstić information content (AvgIpc) is 2.45. The number of methoxy groups -OCH3 is 1. The normalized spacial score (nSPS) is 25.0. The Hall–Kier alpha value is -0.120. The van der Waals surface area contributed by atoms with Crippen molar-refractivity contribution in [1.29, 1.82) is 0 Å². The summed E-state index contributed by atoms with van der Waals surface area (Å²) < 4.78 is 10.5. The lowest BCUT2D eigenvalue weighted by Gasteiger charge is -2.11. The third-order valence-corrected chi connectivity index (χ3v) is 2.08. The average molecular weight is 172 g/mol. The van der Waals surface area contributed by atoms with E-state index in [1.807, 2.05) is 0 Å². The van der Waals surface area contributed by atoms with Gasteiger partial charge in [-0.2, -0.15) is 0 Å². The van der Waals surface area contributed by atoms with E-state index in [1.54, 1.807) is 7.11 Å². The van der Waals surface area contributed by atoms with E-state index in [2.05, 4.69) is 11.9 Å². The molecule has 1 radical (unpaired) electrons. The highest BCUT2D eigenvalue weighted by Crippen LogP contribution is 2.10. The molecule has 12 heavy (non-hydrogen) atoms. The maximum Gasteiger partial charge on any atom is 0.0714 e. The Bertz CT molecular complexity index is 119. The molecule has 0 aromatic heterocycles. The first-order valence-electron chi connectivity index (χ1n) is 4.49. The molecule has 0 aliphatic carbocycles. The van der Waals surface area contributed by atoms with Gasteiger partial charge in [0.15, 0.2) is 0 Å². The Morgan fingerprint density at radius 3 is 2.92 bits per heavy atom. The zero-order valence-electron chi connectivity index (χ0n) is 7.79. The van der Waals surface area contributed by atoms with Crippen molar-refractivity contribution in [1.82, 2.24) is 4.90 Å². The summed E-state index contributed by atoms with van der Waals surface area (Å²) in [5.41, 5.74) is 0. The molecule has 1 atom stereocenters. The molecular weight excluding hydrogens is 154 g/mol. The Kier molecular flexibility index (Phi) is 4.58. The molecular formula is C9H18NO2. The molecule has 0 amide bonds. The quantitative estimate of drug-likeness (QED) is 0.575. The van der Waals surface area contributed by atoms with Gasteiger partial charge in [-0.15, -0.1) is 0 Å². The first-order chi connectivity index (χ1) is 5.83. The molecule has 3 nitrogen and oxygen atoms in total. The minimum absolute atomic E-state index is 0.402. The van der Waals surface area contributed by atoms with E-state index in [9.17, 15) is 0 Å². The van der Waals surface area contributed by atoms with Crippen molar-refractivity contribution in [3.8, 4) is 0 Å². The van der Waals surface area contributed by atoms with Crippen LogP contribution in [0.15, 0.2) is 0 Å². The number of nitrogens with zero attached hydrogens (tertiary/aromatic N) is 1. The van der Waals surface area contributed by atoms with E-state index < -0.39 is 0 Å². The second kappa shape index (κ2) is 5.51. The standard InChI is InChI=1S/C9H18NO2/c1-10-5-4-9(8-10)12-7-3-6-11-2/h9H,1,3-8H2,2H3. The minimum atomic E-state index is 0.402. The fraction of sp³-hybridized carbons (Fsp3) is 0.889. The van der Waals surface area contributed by atoms with Crippen molar-refractivity contribution in [3.63, 3.8) is 0 Å². The number of hydrogen-bond acceptors (Lipinski definition) is 3. The van der Waals surface area contributed by atoms with Gasteiger partial charge in [-0.3, -0.25) is 4.90 Å². The lowest BCUT2D eigenvalue weighted by molar-refractivity contribution is 0.0471. The maximum absolute atomic E-state index is 5.61. The van der Waals surface area contributed by atoms with Gasteiger partial charge < -0.3 is 9.47 Å². The van der Waals surface area contributed by atoms with E-state index in [4.69, 9.17) is 9.47 Å². The number of likely N-dealkylation sites (tertiary alicyclic amines) is 1. The second-order valence-corrected chi connectivity index (χ2v) is 3.20. The molecule has 1 aliphatic rings. The molecule has 1 aliphatic heterocycles. The van der Waals surface area contributed by atoms with Crippen molar-refractivity contribution >= 4 is 0 Å². The molecule has 0 bridgehead atoms. The summed E-state index contributed by atoms with van der Waals surface area (Å²) >= 11 is 0. The molecule has 1 fully saturated rings. The molecule has 0 spiro atoms. The van der Waals surface area contributed by atoms with Gasteiger partial charge in [-0.1, -0.05) is 0 Å². The molecule has 0 aromatic rings. The van der Waals surface area contributed by atoms with Gasteiger partial charge in [0, 0.05) is 40.5 Å². The highest BCUT2D eigenvalue weighted by molar-refractivity contribution is 4.74.